The van der Waals surface area contributed by atoms with Crippen LogP contribution < -0.4 is 10.1 Å². The SMILES string of the molecule is COc1ccc(S(=O)(=O)N2CCCCCC2)cc1C(=O)Nc1c(C)cccc1C(=O)N1CCCC1. The molecule has 0 radical (unpaired) electrons. The summed E-state index contributed by atoms with van der Waals surface area (Å²) < 4.78 is 33.5. The summed E-state index contributed by atoms with van der Waals surface area (Å²) in [5.74, 6) is -0.385. The van der Waals surface area contributed by atoms with Gasteiger partial charge in [-0.05, 0) is 62.4 Å². The van der Waals surface area contributed by atoms with E-state index in [0.717, 1.165) is 44.1 Å². The largest absolute Gasteiger partial charge is 0.496 e. The van der Waals surface area contributed by atoms with Crippen molar-refractivity contribution in [1.82, 2.24) is 9.21 Å². The van der Waals surface area contributed by atoms with E-state index < -0.39 is 15.9 Å². The van der Waals surface area contributed by atoms with E-state index >= 15 is 0 Å². The molecule has 0 bridgehead atoms. The molecule has 8 nitrogen and oxygen atoms in total. The Morgan fingerprint density at radius 2 is 1.54 bits per heavy atom. The number of anilines is 1. The Morgan fingerprint density at radius 1 is 0.886 bits per heavy atom. The first-order valence-electron chi connectivity index (χ1n) is 12.2. The van der Waals surface area contributed by atoms with E-state index in [-0.39, 0.29) is 22.1 Å². The van der Waals surface area contributed by atoms with Crippen molar-refractivity contribution >= 4 is 27.5 Å². The van der Waals surface area contributed by atoms with E-state index in [1.54, 1.807) is 17.0 Å². The zero-order valence-electron chi connectivity index (χ0n) is 20.4. The molecular formula is C26H33N3O5S. The van der Waals surface area contributed by atoms with E-state index in [2.05, 4.69) is 5.32 Å². The van der Waals surface area contributed by atoms with Crippen LogP contribution in [0.25, 0.3) is 0 Å². The summed E-state index contributed by atoms with van der Waals surface area (Å²) in [6.07, 6.45) is 5.60. The number of carbonyl (C=O) groups is 2. The molecule has 0 aliphatic carbocycles. The van der Waals surface area contributed by atoms with Crippen molar-refractivity contribution in [2.45, 2.75) is 50.3 Å². The normalized spacial score (nSPS) is 17.1. The molecule has 9 heteroatoms. The Labute approximate surface area is 207 Å². The third kappa shape index (κ3) is 5.36. The Hall–Kier alpha value is -2.91. The number of aryl methyl sites for hydroxylation is 1. The van der Waals surface area contributed by atoms with Crippen LogP contribution in [0.2, 0.25) is 0 Å². The maximum atomic E-state index is 13.4. The number of para-hydroxylation sites is 1. The number of nitrogens with one attached hydrogen (secondary N) is 1. The number of amides is 2. The fraction of sp³-hybridized carbons (Fsp3) is 0.462. The quantitative estimate of drug-likeness (QED) is 0.647. The van der Waals surface area contributed by atoms with Crippen molar-refractivity contribution in [1.29, 1.82) is 0 Å². The maximum absolute atomic E-state index is 13.4. The lowest BCUT2D eigenvalue weighted by Crippen LogP contribution is -2.32. The van der Waals surface area contributed by atoms with Gasteiger partial charge in [0.05, 0.1) is 28.8 Å². The molecule has 0 unspecified atom stereocenters. The number of methoxy groups -OCH3 is 1. The van der Waals surface area contributed by atoms with E-state index in [1.807, 2.05) is 13.0 Å². The zero-order chi connectivity index (χ0) is 25.0. The lowest BCUT2D eigenvalue weighted by atomic mass is 10.1. The minimum atomic E-state index is -3.74. The van der Waals surface area contributed by atoms with Gasteiger partial charge in [0, 0.05) is 26.2 Å². The molecule has 2 aliphatic heterocycles. The van der Waals surface area contributed by atoms with Gasteiger partial charge in [-0.2, -0.15) is 4.31 Å². The minimum absolute atomic E-state index is 0.0588. The van der Waals surface area contributed by atoms with Crippen LogP contribution in [0.1, 0.15) is 64.8 Å². The molecule has 35 heavy (non-hydrogen) atoms. The standard InChI is InChI=1S/C26H33N3O5S/c1-19-10-9-11-21(26(31)28-14-7-8-15-28)24(19)27-25(30)22-18-20(12-13-23(22)34-2)35(32,33)29-16-5-3-4-6-17-29/h9-13,18H,3-8,14-17H2,1-2H3,(H,27,30). The Balaban J connectivity index is 1.66. The van der Waals surface area contributed by atoms with Crippen LogP contribution >= 0.6 is 0 Å². The number of ether oxygens (including phenoxy) is 1. The maximum Gasteiger partial charge on any atom is 0.259 e. The van der Waals surface area contributed by atoms with Gasteiger partial charge in [-0.1, -0.05) is 25.0 Å². The zero-order valence-corrected chi connectivity index (χ0v) is 21.2. The Bertz CT molecular complexity index is 1200. The number of likely N-dealkylation sites (tertiary alicyclic amines) is 1. The van der Waals surface area contributed by atoms with Crippen LogP contribution in [-0.4, -0.2) is 62.7 Å². The van der Waals surface area contributed by atoms with Crippen LogP contribution in [0, 0.1) is 6.92 Å². The van der Waals surface area contributed by atoms with Crippen molar-refractivity contribution in [2.75, 3.05) is 38.6 Å². The number of benzene rings is 2. The molecule has 0 atom stereocenters. The average Bonchev–Trinajstić information content (AvgIpc) is 3.25. The summed E-state index contributed by atoms with van der Waals surface area (Å²) in [5, 5.41) is 2.87. The molecule has 2 amide bonds. The number of rotatable bonds is 6. The lowest BCUT2D eigenvalue weighted by Gasteiger charge is -2.21. The van der Waals surface area contributed by atoms with E-state index in [4.69, 9.17) is 4.74 Å². The van der Waals surface area contributed by atoms with Crippen LogP contribution in [-0.2, 0) is 10.0 Å². The molecule has 2 fully saturated rings. The predicted octanol–water partition coefficient (Wildman–Crippen LogP) is 4.06. The van der Waals surface area contributed by atoms with Gasteiger partial charge in [0.2, 0.25) is 10.0 Å². The second kappa shape index (κ2) is 10.8. The molecule has 2 saturated heterocycles. The molecule has 2 aliphatic rings. The summed E-state index contributed by atoms with van der Waals surface area (Å²) >= 11 is 0. The van der Waals surface area contributed by atoms with Gasteiger partial charge < -0.3 is 15.0 Å². The first-order chi connectivity index (χ1) is 16.8. The van der Waals surface area contributed by atoms with Gasteiger partial charge in [-0.15, -0.1) is 0 Å². The van der Waals surface area contributed by atoms with Crippen molar-refractivity contribution < 1.29 is 22.7 Å². The summed E-state index contributed by atoms with van der Waals surface area (Å²) in [7, 11) is -2.31. The molecule has 4 rings (SSSR count). The van der Waals surface area contributed by atoms with Gasteiger partial charge in [0.25, 0.3) is 11.8 Å². The van der Waals surface area contributed by atoms with E-state index in [9.17, 15) is 18.0 Å². The topological polar surface area (TPSA) is 96.0 Å². The van der Waals surface area contributed by atoms with Crippen LogP contribution in [0.15, 0.2) is 41.3 Å². The fourth-order valence-corrected chi connectivity index (χ4v) is 6.28. The predicted molar refractivity (Wildman–Crippen MR) is 134 cm³/mol. The molecule has 0 saturated carbocycles. The number of sulfonamides is 1. The lowest BCUT2D eigenvalue weighted by molar-refractivity contribution is 0.0793. The molecular weight excluding hydrogens is 466 g/mol. The first-order valence-corrected chi connectivity index (χ1v) is 13.7. The summed E-state index contributed by atoms with van der Waals surface area (Å²) in [5.41, 5.74) is 1.70. The third-order valence-corrected chi connectivity index (χ3v) is 8.65. The highest BCUT2D eigenvalue weighted by Gasteiger charge is 2.28. The molecule has 2 aromatic carbocycles. The molecule has 2 heterocycles. The van der Waals surface area contributed by atoms with Crippen molar-refractivity contribution in [3.05, 3.63) is 53.1 Å². The minimum Gasteiger partial charge on any atom is -0.496 e. The van der Waals surface area contributed by atoms with Crippen LogP contribution in [0.5, 0.6) is 5.75 Å². The van der Waals surface area contributed by atoms with Gasteiger partial charge in [0.15, 0.2) is 0 Å². The highest BCUT2D eigenvalue weighted by Crippen LogP contribution is 2.29. The number of nitrogens with zero attached hydrogens (tertiary/aromatic N) is 2. The van der Waals surface area contributed by atoms with Gasteiger partial charge in [-0.3, -0.25) is 9.59 Å². The summed E-state index contributed by atoms with van der Waals surface area (Å²) in [6.45, 7) is 4.17. The van der Waals surface area contributed by atoms with Crippen molar-refractivity contribution in [3.63, 3.8) is 0 Å². The van der Waals surface area contributed by atoms with Crippen molar-refractivity contribution in [2.24, 2.45) is 0 Å². The molecule has 1 N–H and O–H groups in total. The number of carbonyl (C=O) groups excluding carboxylic acids is 2. The third-order valence-electron chi connectivity index (χ3n) is 6.75. The van der Waals surface area contributed by atoms with E-state index in [1.165, 1.54) is 29.6 Å². The highest BCUT2D eigenvalue weighted by atomic mass is 32.2. The second-order valence-electron chi connectivity index (χ2n) is 9.13. The number of hydrogen-bond acceptors (Lipinski definition) is 5. The van der Waals surface area contributed by atoms with Gasteiger partial charge >= 0.3 is 0 Å². The van der Waals surface area contributed by atoms with E-state index in [0.29, 0.717) is 37.4 Å². The smallest absolute Gasteiger partial charge is 0.259 e. The molecule has 2 aromatic rings. The monoisotopic (exact) mass is 499 g/mol. The second-order valence-corrected chi connectivity index (χ2v) is 11.1. The fourth-order valence-electron chi connectivity index (χ4n) is 4.74. The summed E-state index contributed by atoms with van der Waals surface area (Å²) in [4.78, 5) is 28.4. The van der Waals surface area contributed by atoms with Crippen LogP contribution in [0.3, 0.4) is 0 Å². The van der Waals surface area contributed by atoms with Crippen LogP contribution in [0.4, 0.5) is 5.69 Å². The Kier molecular flexibility index (Phi) is 7.76. The highest BCUT2D eigenvalue weighted by molar-refractivity contribution is 7.89. The summed E-state index contributed by atoms with van der Waals surface area (Å²) in [6, 6.07) is 9.69. The Morgan fingerprint density at radius 3 is 2.20 bits per heavy atom. The first kappa shape index (κ1) is 25.2. The number of hydrogen-bond donors (Lipinski definition) is 1. The van der Waals surface area contributed by atoms with Crippen molar-refractivity contribution in [3.8, 4) is 5.75 Å². The molecule has 0 spiro atoms. The van der Waals surface area contributed by atoms with Gasteiger partial charge in [-0.25, -0.2) is 8.42 Å². The average molecular weight is 500 g/mol. The molecule has 188 valence electrons. The van der Waals surface area contributed by atoms with Gasteiger partial charge in [0.1, 0.15) is 5.75 Å². The molecule has 0 aromatic heterocycles.